The normalized spacial score (nSPS) is 13.8. The minimum Gasteiger partial charge on any atom is -0.507 e. The number of benzene rings is 2. The van der Waals surface area contributed by atoms with Crippen molar-refractivity contribution in [2.45, 2.75) is 12.8 Å². The molecule has 2 aromatic rings. The quantitative estimate of drug-likeness (QED) is 0.804. The fourth-order valence-corrected chi connectivity index (χ4v) is 2.79. The molecule has 3 N–H and O–H groups in total. The lowest BCUT2D eigenvalue weighted by Crippen LogP contribution is -2.18. The molecule has 3 rings (SSSR count). The molecule has 0 spiro atoms. The third-order valence-corrected chi connectivity index (χ3v) is 4.09. The second-order valence-corrected chi connectivity index (χ2v) is 5.73. The van der Waals surface area contributed by atoms with E-state index in [1.807, 2.05) is 12.1 Å². The number of hydrogen-bond acceptors (Lipinski definition) is 4. The highest BCUT2D eigenvalue weighted by molar-refractivity contribution is 6.05. The third kappa shape index (κ3) is 3.32. The summed E-state index contributed by atoms with van der Waals surface area (Å²) in [6.07, 6.45) is 2.39. The Morgan fingerprint density at radius 2 is 1.67 bits per heavy atom. The molecule has 0 bridgehead atoms. The zero-order chi connectivity index (χ0) is 17.1. The van der Waals surface area contributed by atoms with Crippen LogP contribution in [0.25, 0.3) is 0 Å². The number of hydrogen-bond donors (Lipinski definition) is 3. The summed E-state index contributed by atoms with van der Waals surface area (Å²) >= 11 is 0. The van der Waals surface area contributed by atoms with Crippen LogP contribution in [0.2, 0.25) is 0 Å². The van der Waals surface area contributed by atoms with Crippen LogP contribution in [0.1, 0.15) is 33.6 Å². The van der Waals surface area contributed by atoms with E-state index in [1.54, 1.807) is 12.1 Å². The van der Waals surface area contributed by atoms with Crippen molar-refractivity contribution >= 4 is 23.3 Å². The second kappa shape index (κ2) is 6.62. The number of carboxylic acid groups (broad SMARTS) is 1. The van der Waals surface area contributed by atoms with E-state index < -0.39 is 5.97 Å². The maximum atomic E-state index is 12.3. The molecule has 0 aliphatic carbocycles. The van der Waals surface area contributed by atoms with E-state index in [1.165, 1.54) is 31.0 Å². The molecule has 0 radical (unpaired) electrons. The zero-order valence-corrected chi connectivity index (χ0v) is 13.0. The van der Waals surface area contributed by atoms with Crippen LogP contribution in [-0.4, -0.2) is 35.2 Å². The van der Waals surface area contributed by atoms with Gasteiger partial charge < -0.3 is 20.4 Å². The van der Waals surface area contributed by atoms with Crippen molar-refractivity contribution in [1.29, 1.82) is 0 Å². The lowest BCUT2D eigenvalue weighted by molar-refractivity contribution is 0.0693. The zero-order valence-electron chi connectivity index (χ0n) is 13.0. The molecule has 0 unspecified atom stereocenters. The van der Waals surface area contributed by atoms with E-state index >= 15 is 0 Å². The van der Waals surface area contributed by atoms with E-state index in [-0.39, 0.29) is 17.2 Å². The van der Waals surface area contributed by atoms with Gasteiger partial charge in [0.05, 0.1) is 0 Å². The SMILES string of the molecule is O=C(Nc1ccc(C(=O)O)c(O)c1)c1ccc(N2CCCC2)cc1. The maximum Gasteiger partial charge on any atom is 0.339 e. The number of aromatic hydroxyl groups is 1. The highest BCUT2D eigenvalue weighted by Gasteiger charge is 2.14. The Morgan fingerprint density at radius 3 is 2.25 bits per heavy atom. The van der Waals surface area contributed by atoms with Gasteiger partial charge in [-0.05, 0) is 49.2 Å². The number of carbonyl (C=O) groups is 2. The molecular formula is C18H18N2O4. The highest BCUT2D eigenvalue weighted by Crippen LogP contribution is 2.23. The van der Waals surface area contributed by atoms with Crippen molar-refractivity contribution in [2.24, 2.45) is 0 Å². The van der Waals surface area contributed by atoms with Crippen LogP contribution in [0.5, 0.6) is 5.75 Å². The van der Waals surface area contributed by atoms with Crippen LogP contribution in [0.4, 0.5) is 11.4 Å². The third-order valence-electron chi connectivity index (χ3n) is 4.09. The summed E-state index contributed by atoms with van der Waals surface area (Å²) in [5.41, 5.74) is 1.74. The summed E-state index contributed by atoms with van der Waals surface area (Å²) in [5, 5.41) is 21.2. The van der Waals surface area contributed by atoms with Gasteiger partial charge in [-0.2, -0.15) is 0 Å². The monoisotopic (exact) mass is 326 g/mol. The van der Waals surface area contributed by atoms with Crippen LogP contribution < -0.4 is 10.2 Å². The first-order valence-corrected chi connectivity index (χ1v) is 7.77. The van der Waals surface area contributed by atoms with Gasteiger partial charge >= 0.3 is 5.97 Å². The molecule has 124 valence electrons. The van der Waals surface area contributed by atoms with Crippen molar-refractivity contribution in [3.8, 4) is 5.75 Å². The topological polar surface area (TPSA) is 89.9 Å². The number of phenols is 1. The Balaban J connectivity index is 1.70. The number of nitrogens with one attached hydrogen (secondary N) is 1. The minimum atomic E-state index is -1.22. The van der Waals surface area contributed by atoms with Gasteiger partial charge in [-0.1, -0.05) is 0 Å². The van der Waals surface area contributed by atoms with Crippen molar-refractivity contribution in [1.82, 2.24) is 0 Å². The molecular weight excluding hydrogens is 308 g/mol. The number of rotatable bonds is 4. The number of nitrogens with zero attached hydrogens (tertiary/aromatic N) is 1. The predicted molar refractivity (Wildman–Crippen MR) is 90.9 cm³/mol. The summed E-state index contributed by atoms with van der Waals surface area (Å²) in [7, 11) is 0. The van der Waals surface area contributed by atoms with Crippen molar-refractivity contribution in [3.05, 3.63) is 53.6 Å². The Morgan fingerprint density at radius 1 is 1.00 bits per heavy atom. The summed E-state index contributed by atoms with van der Waals surface area (Å²) < 4.78 is 0. The van der Waals surface area contributed by atoms with Gasteiger partial charge in [0.2, 0.25) is 0 Å². The fourth-order valence-electron chi connectivity index (χ4n) is 2.79. The van der Waals surface area contributed by atoms with Gasteiger partial charge in [0, 0.05) is 36.1 Å². The molecule has 6 heteroatoms. The van der Waals surface area contributed by atoms with Crippen molar-refractivity contribution in [3.63, 3.8) is 0 Å². The molecule has 6 nitrogen and oxygen atoms in total. The number of carbonyl (C=O) groups excluding carboxylic acids is 1. The van der Waals surface area contributed by atoms with E-state index in [4.69, 9.17) is 5.11 Å². The average Bonchev–Trinajstić information content (AvgIpc) is 3.09. The molecule has 0 aromatic heterocycles. The van der Waals surface area contributed by atoms with Gasteiger partial charge in [0.1, 0.15) is 11.3 Å². The minimum absolute atomic E-state index is 0.206. The molecule has 0 saturated carbocycles. The molecule has 2 aromatic carbocycles. The lowest BCUT2D eigenvalue weighted by Gasteiger charge is -2.17. The molecule has 1 fully saturated rings. The van der Waals surface area contributed by atoms with Gasteiger partial charge in [-0.15, -0.1) is 0 Å². The fraction of sp³-hybridized carbons (Fsp3) is 0.222. The largest absolute Gasteiger partial charge is 0.507 e. The molecule has 1 amide bonds. The van der Waals surface area contributed by atoms with Crippen LogP contribution in [0.15, 0.2) is 42.5 Å². The number of aromatic carboxylic acids is 1. The Kier molecular flexibility index (Phi) is 4.37. The van der Waals surface area contributed by atoms with Gasteiger partial charge in [0.15, 0.2) is 0 Å². The summed E-state index contributed by atoms with van der Waals surface area (Å²) in [4.78, 5) is 25.4. The Hall–Kier alpha value is -3.02. The molecule has 1 saturated heterocycles. The number of amides is 1. The van der Waals surface area contributed by atoms with E-state index in [9.17, 15) is 14.7 Å². The molecule has 24 heavy (non-hydrogen) atoms. The van der Waals surface area contributed by atoms with Gasteiger partial charge in [0.25, 0.3) is 5.91 Å². The first kappa shape index (κ1) is 15.9. The van der Waals surface area contributed by atoms with E-state index in [0.29, 0.717) is 11.3 Å². The van der Waals surface area contributed by atoms with Crippen molar-refractivity contribution < 1.29 is 19.8 Å². The van der Waals surface area contributed by atoms with E-state index in [0.717, 1.165) is 18.8 Å². The number of carboxylic acids is 1. The lowest BCUT2D eigenvalue weighted by atomic mass is 10.1. The van der Waals surface area contributed by atoms with Crippen LogP contribution in [0.3, 0.4) is 0 Å². The predicted octanol–water partition coefficient (Wildman–Crippen LogP) is 2.94. The van der Waals surface area contributed by atoms with Crippen LogP contribution in [0, 0.1) is 0 Å². The molecule has 1 aliphatic heterocycles. The van der Waals surface area contributed by atoms with Crippen LogP contribution in [-0.2, 0) is 0 Å². The first-order valence-electron chi connectivity index (χ1n) is 7.77. The van der Waals surface area contributed by atoms with Crippen LogP contribution >= 0.6 is 0 Å². The summed E-state index contributed by atoms with van der Waals surface area (Å²) in [6, 6.07) is 11.3. The average molecular weight is 326 g/mol. The smallest absolute Gasteiger partial charge is 0.339 e. The first-order chi connectivity index (χ1) is 11.5. The highest BCUT2D eigenvalue weighted by atomic mass is 16.4. The Labute approximate surface area is 139 Å². The standard InChI is InChI=1S/C18H18N2O4/c21-16-11-13(5-8-15(16)18(23)24)19-17(22)12-3-6-14(7-4-12)20-9-1-2-10-20/h3-8,11,21H,1-2,9-10H2,(H,19,22)(H,23,24). The van der Waals surface area contributed by atoms with Crippen molar-refractivity contribution in [2.75, 3.05) is 23.3 Å². The summed E-state index contributed by atoms with van der Waals surface area (Å²) in [5.74, 6) is -1.92. The van der Waals surface area contributed by atoms with E-state index in [2.05, 4.69) is 10.2 Å². The van der Waals surface area contributed by atoms with Gasteiger partial charge in [-0.25, -0.2) is 4.79 Å². The second-order valence-electron chi connectivity index (χ2n) is 5.73. The molecule has 1 aliphatic rings. The summed E-state index contributed by atoms with van der Waals surface area (Å²) in [6.45, 7) is 2.08. The maximum absolute atomic E-state index is 12.3. The Bertz CT molecular complexity index is 765. The molecule has 0 atom stereocenters. The van der Waals surface area contributed by atoms with Gasteiger partial charge in [-0.3, -0.25) is 4.79 Å². The number of anilines is 2. The molecule has 1 heterocycles.